The van der Waals surface area contributed by atoms with Crippen LogP contribution in [-0.4, -0.2) is 53.4 Å². The zero-order valence-electron chi connectivity index (χ0n) is 21.7. The number of aliphatic hydroxyl groups is 2. The zero-order chi connectivity index (χ0) is 28.0. The average Bonchev–Trinajstić information content (AvgIpc) is 3.30. The van der Waals surface area contributed by atoms with Gasteiger partial charge < -0.3 is 26.2 Å². The standard InChI is InChI=1S/C27H31ClF3N3O4.ClH/c1-26(2,3)11-20-27(15-9-17(29)18(30)10-19(15)33-25(27)38)21(14-5-4-6-16(28)22(14)31)23(34-20)24(37)32-8-7-13(36)12-35;/h4-6,9-10,13,20-21,23,34-36H,7-8,11-12H2,1-3H3,(H,32,37)(H,33,38);1H/t13-,20+,21-,23+,27-;/m0./s1. The predicted molar refractivity (Wildman–Crippen MR) is 144 cm³/mol. The maximum Gasteiger partial charge on any atom is 0.237 e. The molecule has 0 aromatic heterocycles. The number of amides is 2. The van der Waals surface area contributed by atoms with Gasteiger partial charge in [-0.3, -0.25) is 9.59 Å². The first-order chi connectivity index (χ1) is 17.8. The molecule has 0 unspecified atom stereocenters. The fraction of sp³-hybridized carbons (Fsp3) is 0.481. The molecule has 7 nitrogen and oxygen atoms in total. The number of anilines is 1. The highest BCUT2D eigenvalue weighted by Gasteiger charge is 2.66. The Morgan fingerprint density at radius 2 is 1.87 bits per heavy atom. The molecular formula is C27H32Cl2F3N3O4. The van der Waals surface area contributed by atoms with Crippen LogP contribution >= 0.6 is 24.0 Å². The van der Waals surface area contributed by atoms with E-state index in [-0.39, 0.29) is 52.6 Å². The predicted octanol–water partition coefficient (Wildman–Crippen LogP) is 3.79. The average molecular weight is 590 g/mol. The Kier molecular flexibility index (Phi) is 9.29. The van der Waals surface area contributed by atoms with Crippen LogP contribution in [0.5, 0.6) is 0 Å². The van der Waals surface area contributed by atoms with E-state index in [0.29, 0.717) is 6.42 Å². The first kappa shape index (κ1) is 31.2. The van der Waals surface area contributed by atoms with Gasteiger partial charge in [0.15, 0.2) is 11.6 Å². The smallest absolute Gasteiger partial charge is 0.237 e. The molecular weight excluding hydrogens is 558 g/mol. The molecule has 0 aliphatic carbocycles. The van der Waals surface area contributed by atoms with Gasteiger partial charge in [0.05, 0.1) is 23.8 Å². The SMILES string of the molecule is CC(C)(C)C[C@H]1N[C@@H](C(=O)NCC[C@H](O)CO)[C@H](c2cccc(Cl)c2F)[C@@]12C(=O)Nc1cc(F)c(F)cc12.Cl. The summed E-state index contributed by atoms with van der Waals surface area (Å²) in [5, 5.41) is 27.1. The Bertz CT molecular complexity index is 1260. The second-order valence-electron chi connectivity index (χ2n) is 11.1. The summed E-state index contributed by atoms with van der Waals surface area (Å²) in [6.07, 6.45) is -0.654. The first-order valence-electron chi connectivity index (χ1n) is 12.4. The maximum absolute atomic E-state index is 15.6. The Morgan fingerprint density at radius 1 is 1.21 bits per heavy atom. The second-order valence-corrected chi connectivity index (χ2v) is 11.5. The molecule has 0 saturated carbocycles. The van der Waals surface area contributed by atoms with E-state index < -0.39 is 65.4 Å². The van der Waals surface area contributed by atoms with Gasteiger partial charge in [0, 0.05) is 30.3 Å². The van der Waals surface area contributed by atoms with Crippen LogP contribution in [0.1, 0.15) is 50.7 Å². The van der Waals surface area contributed by atoms with E-state index in [1.807, 2.05) is 20.8 Å². The van der Waals surface area contributed by atoms with Gasteiger partial charge >= 0.3 is 0 Å². The lowest BCUT2D eigenvalue weighted by Crippen LogP contribution is -2.49. The minimum absolute atomic E-state index is 0. The van der Waals surface area contributed by atoms with Crippen LogP contribution in [0.3, 0.4) is 0 Å². The van der Waals surface area contributed by atoms with Crippen LogP contribution in [0.25, 0.3) is 0 Å². The van der Waals surface area contributed by atoms with Gasteiger partial charge in [0.1, 0.15) is 11.2 Å². The summed E-state index contributed by atoms with van der Waals surface area (Å²) in [5.41, 5.74) is -1.92. The van der Waals surface area contributed by atoms with Gasteiger partial charge in [0.2, 0.25) is 11.8 Å². The molecule has 4 rings (SSSR count). The summed E-state index contributed by atoms with van der Waals surface area (Å²) >= 11 is 6.12. The Hall–Kier alpha value is -2.37. The molecule has 2 aromatic carbocycles. The summed E-state index contributed by atoms with van der Waals surface area (Å²) in [5.74, 6) is -5.54. The van der Waals surface area contributed by atoms with Crippen molar-refractivity contribution in [2.24, 2.45) is 5.41 Å². The van der Waals surface area contributed by atoms with E-state index in [2.05, 4.69) is 16.0 Å². The number of benzene rings is 2. The van der Waals surface area contributed by atoms with E-state index in [1.54, 1.807) is 0 Å². The van der Waals surface area contributed by atoms with Crippen molar-refractivity contribution in [1.82, 2.24) is 10.6 Å². The normalized spacial score (nSPS) is 24.7. The number of rotatable bonds is 7. The van der Waals surface area contributed by atoms with Gasteiger partial charge in [-0.15, -0.1) is 12.4 Å². The minimum Gasteiger partial charge on any atom is -0.394 e. The van der Waals surface area contributed by atoms with Crippen LogP contribution in [-0.2, 0) is 15.0 Å². The lowest BCUT2D eigenvalue weighted by Gasteiger charge is -2.37. The molecule has 39 heavy (non-hydrogen) atoms. The number of hydrogen-bond acceptors (Lipinski definition) is 5. The van der Waals surface area contributed by atoms with E-state index in [1.165, 1.54) is 18.2 Å². The topological polar surface area (TPSA) is 111 Å². The third-order valence-electron chi connectivity index (χ3n) is 7.29. The number of halogens is 5. The molecule has 1 spiro atoms. The summed E-state index contributed by atoms with van der Waals surface area (Å²) < 4.78 is 44.5. The molecule has 1 fully saturated rings. The fourth-order valence-corrected chi connectivity index (χ4v) is 5.91. The molecule has 2 aliphatic heterocycles. The molecule has 5 N–H and O–H groups in total. The summed E-state index contributed by atoms with van der Waals surface area (Å²) in [7, 11) is 0. The molecule has 0 bridgehead atoms. The molecule has 2 aliphatic rings. The molecule has 12 heteroatoms. The Labute approximate surface area is 235 Å². The van der Waals surface area contributed by atoms with Crippen LogP contribution in [0, 0.1) is 22.9 Å². The van der Waals surface area contributed by atoms with E-state index in [9.17, 15) is 23.5 Å². The lowest BCUT2D eigenvalue weighted by atomic mass is 9.62. The first-order valence-corrected chi connectivity index (χ1v) is 12.8. The minimum atomic E-state index is -1.69. The van der Waals surface area contributed by atoms with Crippen LogP contribution < -0.4 is 16.0 Å². The number of nitrogens with one attached hydrogen (secondary N) is 3. The molecule has 0 radical (unpaired) electrons. The molecule has 2 amide bonds. The highest BCUT2D eigenvalue weighted by Crippen LogP contribution is 2.57. The van der Waals surface area contributed by atoms with Crippen molar-refractivity contribution in [3.63, 3.8) is 0 Å². The van der Waals surface area contributed by atoms with Gasteiger partial charge in [-0.1, -0.05) is 44.5 Å². The largest absolute Gasteiger partial charge is 0.394 e. The van der Waals surface area contributed by atoms with Crippen molar-refractivity contribution < 1.29 is 33.0 Å². The number of aliphatic hydroxyl groups excluding tert-OH is 2. The fourth-order valence-electron chi connectivity index (χ4n) is 5.73. The van der Waals surface area contributed by atoms with Crippen molar-refractivity contribution in [3.8, 4) is 0 Å². The van der Waals surface area contributed by atoms with Crippen molar-refractivity contribution in [3.05, 3.63) is 63.9 Å². The summed E-state index contributed by atoms with van der Waals surface area (Å²) in [6.45, 7) is 5.31. The van der Waals surface area contributed by atoms with Crippen LogP contribution in [0.4, 0.5) is 18.9 Å². The Balaban J connectivity index is 0.00000420. The molecule has 5 atom stereocenters. The van der Waals surface area contributed by atoms with Crippen LogP contribution in [0.2, 0.25) is 5.02 Å². The quantitative estimate of drug-likeness (QED) is 0.337. The van der Waals surface area contributed by atoms with E-state index >= 15 is 4.39 Å². The maximum atomic E-state index is 15.6. The number of fused-ring (bicyclic) bond motifs is 2. The van der Waals surface area contributed by atoms with Gasteiger partial charge in [-0.2, -0.15) is 0 Å². The van der Waals surface area contributed by atoms with Crippen molar-refractivity contribution >= 4 is 41.5 Å². The number of carbonyl (C=O) groups is 2. The van der Waals surface area contributed by atoms with Gasteiger partial charge in [0.25, 0.3) is 0 Å². The molecule has 2 heterocycles. The summed E-state index contributed by atoms with van der Waals surface area (Å²) in [4.78, 5) is 27.5. The third kappa shape index (κ3) is 5.63. The van der Waals surface area contributed by atoms with Gasteiger partial charge in [-0.05, 0) is 41.5 Å². The van der Waals surface area contributed by atoms with Crippen molar-refractivity contribution in [2.75, 3.05) is 18.5 Å². The van der Waals surface area contributed by atoms with E-state index in [0.717, 1.165) is 12.1 Å². The Morgan fingerprint density at radius 3 is 2.51 bits per heavy atom. The number of hydrogen-bond donors (Lipinski definition) is 5. The second kappa shape index (κ2) is 11.6. The summed E-state index contributed by atoms with van der Waals surface area (Å²) in [6, 6.07) is 4.13. The van der Waals surface area contributed by atoms with Crippen molar-refractivity contribution in [2.45, 2.75) is 63.1 Å². The monoisotopic (exact) mass is 589 g/mol. The molecule has 214 valence electrons. The molecule has 2 aromatic rings. The van der Waals surface area contributed by atoms with E-state index in [4.69, 9.17) is 16.7 Å². The zero-order valence-corrected chi connectivity index (χ0v) is 23.2. The molecule has 1 saturated heterocycles. The third-order valence-corrected chi connectivity index (χ3v) is 7.58. The van der Waals surface area contributed by atoms with Gasteiger partial charge in [-0.25, -0.2) is 13.2 Å². The van der Waals surface area contributed by atoms with Crippen LogP contribution in [0.15, 0.2) is 30.3 Å². The van der Waals surface area contributed by atoms with Crippen molar-refractivity contribution in [1.29, 1.82) is 0 Å². The lowest BCUT2D eigenvalue weighted by molar-refractivity contribution is -0.124. The highest BCUT2D eigenvalue weighted by molar-refractivity contribution is 6.30. The highest BCUT2D eigenvalue weighted by atomic mass is 35.5. The number of carbonyl (C=O) groups excluding carboxylic acids is 2.